The van der Waals surface area contributed by atoms with Gasteiger partial charge in [0.05, 0.1) is 0 Å². The molecule has 3 aromatic carbocycles. The van der Waals surface area contributed by atoms with Crippen LogP contribution in [0.1, 0.15) is 22.8 Å². The first-order valence-electron chi connectivity index (χ1n) is 9.46. The van der Waals surface area contributed by atoms with E-state index in [1.807, 2.05) is 71.6 Å². The minimum Gasteiger partial charge on any atom is -0.342 e. The molecule has 0 aromatic heterocycles. The van der Waals surface area contributed by atoms with E-state index >= 15 is 0 Å². The molecule has 3 aromatic rings. The third-order valence-corrected chi connectivity index (χ3v) is 4.46. The van der Waals surface area contributed by atoms with Crippen molar-refractivity contribution in [1.82, 2.24) is 0 Å². The fourth-order valence-corrected chi connectivity index (χ4v) is 2.92. The number of hydrogen-bond donors (Lipinski definition) is 1. The molecule has 0 aliphatic heterocycles. The predicted molar refractivity (Wildman–Crippen MR) is 118 cm³/mol. The smallest absolute Gasteiger partial charge is 0.267 e. The van der Waals surface area contributed by atoms with Gasteiger partial charge in [0.1, 0.15) is 11.6 Å². The van der Waals surface area contributed by atoms with Crippen LogP contribution in [0.4, 0.5) is 11.4 Å². The lowest BCUT2D eigenvalue weighted by atomic mass is 10.1. The fraction of sp³-hybridized carbons (Fsp3) is 0.0800. The summed E-state index contributed by atoms with van der Waals surface area (Å²) in [5.74, 6) is -0.632. The number of para-hydroxylation sites is 1. The van der Waals surface area contributed by atoms with Crippen LogP contribution in [0.25, 0.3) is 0 Å². The summed E-state index contributed by atoms with van der Waals surface area (Å²) >= 11 is 0. The number of carbonyl (C=O) groups is 2. The first-order valence-corrected chi connectivity index (χ1v) is 9.46. The number of nitrogens with zero attached hydrogens (tertiary/aromatic N) is 2. The number of anilines is 2. The van der Waals surface area contributed by atoms with Crippen molar-refractivity contribution < 1.29 is 9.59 Å². The van der Waals surface area contributed by atoms with E-state index in [1.165, 1.54) is 6.92 Å². The number of amides is 1. The molecule has 0 aliphatic carbocycles. The molecule has 5 heteroatoms. The Morgan fingerprint density at radius 2 is 1.63 bits per heavy atom. The number of Topliss-reactive ketones (excluding diaryl/α,β-unsaturated/α-hetero) is 1. The number of ketones is 1. The van der Waals surface area contributed by atoms with Crippen LogP contribution in [0.2, 0.25) is 0 Å². The number of nitrogens with one attached hydrogen (secondary N) is 1. The minimum absolute atomic E-state index is 0.0389. The maximum Gasteiger partial charge on any atom is 0.267 e. The van der Waals surface area contributed by atoms with Gasteiger partial charge in [0, 0.05) is 29.7 Å². The van der Waals surface area contributed by atoms with Crippen LogP contribution in [0, 0.1) is 11.3 Å². The zero-order valence-corrected chi connectivity index (χ0v) is 16.6. The Morgan fingerprint density at radius 3 is 2.27 bits per heavy atom. The largest absolute Gasteiger partial charge is 0.342 e. The first kappa shape index (κ1) is 20.6. The SMILES string of the molecule is CC(=O)c1cccc(NC(=O)/C(C#N)=C\N(Cc2ccccc2)c2ccccc2)c1. The highest BCUT2D eigenvalue weighted by molar-refractivity contribution is 6.07. The number of hydrogen-bond acceptors (Lipinski definition) is 4. The highest BCUT2D eigenvalue weighted by Crippen LogP contribution is 2.19. The number of benzene rings is 3. The van der Waals surface area contributed by atoms with Crippen molar-refractivity contribution in [2.24, 2.45) is 0 Å². The lowest BCUT2D eigenvalue weighted by Crippen LogP contribution is -2.20. The Balaban J connectivity index is 1.87. The maximum atomic E-state index is 12.7. The normalized spacial score (nSPS) is 10.7. The Labute approximate surface area is 175 Å². The van der Waals surface area contributed by atoms with E-state index in [1.54, 1.807) is 30.5 Å². The summed E-state index contributed by atoms with van der Waals surface area (Å²) in [6, 6.07) is 28.0. The van der Waals surface area contributed by atoms with Gasteiger partial charge in [-0.3, -0.25) is 9.59 Å². The third kappa shape index (κ3) is 5.43. The summed E-state index contributed by atoms with van der Waals surface area (Å²) < 4.78 is 0. The van der Waals surface area contributed by atoms with E-state index in [9.17, 15) is 14.9 Å². The second-order valence-electron chi connectivity index (χ2n) is 6.69. The van der Waals surface area contributed by atoms with Crippen molar-refractivity contribution in [2.75, 3.05) is 10.2 Å². The van der Waals surface area contributed by atoms with E-state index < -0.39 is 5.91 Å². The van der Waals surface area contributed by atoms with E-state index in [4.69, 9.17) is 0 Å². The molecule has 0 spiro atoms. The molecule has 1 N–H and O–H groups in total. The average Bonchev–Trinajstić information content (AvgIpc) is 2.78. The predicted octanol–water partition coefficient (Wildman–Crippen LogP) is 4.94. The average molecular weight is 395 g/mol. The zero-order valence-electron chi connectivity index (χ0n) is 16.6. The van der Waals surface area contributed by atoms with Gasteiger partial charge in [-0.1, -0.05) is 60.7 Å². The number of rotatable bonds is 7. The molecule has 0 unspecified atom stereocenters. The van der Waals surface area contributed by atoms with Crippen LogP contribution in [0.5, 0.6) is 0 Å². The van der Waals surface area contributed by atoms with Crippen LogP contribution in [-0.4, -0.2) is 11.7 Å². The quantitative estimate of drug-likeness (QED) is 0.349. The van der Waals surface area contributed by atoms with Crippen LogP contribution in [0.15, 0.2) is 96.7 Å². The molecule has 0 heterocycles. The van der Waals surface area contributed by atoms with Gasteiger partial charge in [-0.05, 0) is 36.8 Å². The van der Waals surface area contributed by atoms with E-state index in [-0.39, 0.29) is 11.4 Å². The molecule has 0 bridgehead atoms. The van der Waals surface area contributed by atoms with Crippen molar-refractivity contribution in [3.05, 3.63) is 108 Å². The molecule has 0 atom stereocenters. The number of carbonyl (C=O) groups excluding carboxylic acids is 2. The Kier molecular flexibility index (Phi) is 6.75. The second-order valence-corrected chi connectivity index (χ2v) is 6.69. The molecule has 5 nitrogen and oxygen atoms in total. The molecule has 0 aliphatic rings. The van der Waals surface area contributed by atoms with Crippen molar-refractivity contribution >= 4 is 23.1 Å². The fourth-order valence-electron chi connectivity index (χ4n) is 2.92. The molecule has 0 radical (unpaired) electrons. The van der Waals surface area contributed by atoms with E-state index in [0.717, 1.165) is 11.3 Å². The van der Waals surface area contributed by atoms with Gasteiger partial charge >= 0.3 is 0 Å². The first-order chi connectivity index (χ1) is 14.6. The van der Waals surface area contributed by atoms with Crippen LogP contribution < -0.4 is 10.2 Å². The van der Waals surface area contributed by atoms with Crippen LogP contribution in [0.3, 0.4) is 0 Å². The Hall–Kier alpha value is -4.17. The molecular weight excluding hydrogens is 374 g/mol. The third-order valence-electron chi connectivity index (χ3n) is 4.46. The van der Waals surface area contributed by atoms with Gasteiger partial charge < -0.3 is 10.2 Å². The molecular formula is C25H21N3O2. The summed E-state index contributed by atoms with van der Waals surface area (Å²) in [4.78, 5) is 26.2. The van der Waals surface area contributed by atoms with Gasteiger partial charge in [0.2, 0.25) is 0 Å². The minimum atomic E-state index is -0.535. The zero-order chi connectivity index (χ0) is 21.3. The van der Waals surface area contributed by atoms with Crippen molar-refractivity contribution in [3.8, 4) is 6.07 Å². The summed E-state index contributed by atoms with van der Waals surface area (Å²) in [5.41, 5.74) is 2.82. The van der Waals surface area contributed by atoms with Crippen molar-refractivity contribution in [2.45, 2.75) is 13.5 Å². The van der Waals surface area contributed by atoms with Crippen LogP contribution in [-0.2, 0) is 11.3 Å². The summed E-state index contributed by atoms with van der Waals surface area (Å²) in [5, 5.41) is 12.3. The standard InChI is InChI=1S/C25H21N3O2/c1-19(29)21-11-8-12-23(15-21)27-25(30)22(16-26)18-28(24-13-6-3-7-14-24)17-20-9-4-2-5-10-20/h2-15,18H,17H2,1H3,(H,27,30)/b22-18-. The maximum absolute atomic E-state index is 12.7. The van der Waals surface area contributed by atoms with Gasteiger partial charge in [0.15, 0.2) is 5.78 Å². The van der Waals surface area contributed by atoms with E-state index in [2.05, 4.69) is 5.32 Å². The van der Waals surface area contributed by atoms with Gasteiger partial charge in [-0.25, -0.2) is 0 Å². The van der Waals surface area contributed by atoms with Crippen molar-refractivity contribution in [1.29, 1.82) is 5.26 Å². The molecule has 0 saturated carbocycles. The lowest BCUT2D eigenvalue weighted by molar-refractivity contribution is -0.112. The summed E-state index contributed by atoms with van der Waals surface area (Å²) in [7, 11) is 0. The molecule has 30 heavy (non-hydrogen) atoms. The molecule has 3 rings (SSSR count). The molecule has 148 valence electrons. The summed E-state index contributed by atoms with van der Waals surface area (Å²) in [6.45, 7) is 1.96. The van der Waals surface area contributed by atoms with Gasteiger partial charge in [-0.15, -0.1) is 0 Å². The lowest BCUT2D eigenvalue weighted by Gasteiger charge is -2.21. The van der Waals surface area contributed by atoms with Gasteiger partial charge in [-0.2, -0.15) is 5.26 Å². The highest BCUT2D eigenvalue weighted by Gasteiger charge is 2.14. The highest BCUT2D eigenvalue weighted by atomic mass is 16.1. The monoisotopic (exact) mass is 395 g/mol. The Morgan fingerprint density at radius 1 is 0.967 bits per heavy atom. The van der Waals surface area contributed by atoms with E-state index in [0.29, 0.717) is 17.8 Å². The van der Waals surface area contributed by atoms with Crippen LogP contribution >= 0.6 is 0 Å². The summed E-state index contributed by atoms with van der Waals surface area (Å²) in [6.07, 6.45) is 1.55. The topological polar surface area (TPSA) is 73.2 Å². The molecule has 0 fully saturated rings. The Bertz CT molecular complexity index is 1100. The molecule has 0 saturated heterocycles. The second kappa shape index (κ2) is 9.85. The van der Waals surface area contributed by atoms with Crippen molar-refractivity contribution in [3.63, 3.8) is 0 Å². The number of nitriles is 1. The molecule has 1 amide bonds. The van der Waals surface area contributed by atoms with Gasteiger partial charge in [0.25, 0.3) is 5.91 Å².